The molecule has 134 valence electrons. The normalized spacial score (nSPS) is 12.5. The molecule has 0 amide bonds. The predicted molar refractivity (Wildman–Crippen MR) is 85.9 cm³/mol. The Bertz CT molecular complexity index is 944. The van der Waals surface area contributed by atoms with Crippen LogP contribution < -0.4 is 0 Å². The monoisotopic (exact) mass is 361 g/mol. The summed E-state index contributed by atoms with van der Waals surface area (Å²) in [5.74, 6) is 6.25. The molecule has 0 aliphatic rings. The molecule has 0 saturated carbocycles. The van der Waals surface area contributed by atoms with E-state index < -0.39 is 17.8 Å². The van der Waals surface area contributed by atoms with E-state index in [0.29, 0.717) is 29.4 Å². The van der Waals surface area contributed by atoms with E-state index in [9.17, 15) is 18.3 Å². The van der Waals surface area contributed by atoms with Gasteiger partial charge in [0.2, 0.25) is 5.76 Å². The van der Waals surface area contributed by atoms with Crippen molar-refractivity contribution in [3.8, 4) is 11.8 Å². The molecule has 1 aromatic carbocycles. The zero-order valence-electron chi connectivity index (χ0n) is 13.7. The standard InChI is InChI=1S/C18H14F3N3O2/c1-12(25)17-22-8-9-24(17)11-15-10-16(26-23-15)7-4-13-2-5-14(6-3-13)18(19,20)21/h2-3,5-6,8-10,12,25H,11H2,1H3/t12-/m0/s1. The molecule has 0 aliphatic carbocycles. The van der Waals surface area contributed by atoms with Crippen molar-refractivity contribution < 1.29 is 22.8 Å². The molecule has 5 nitrogen and oxygen atoms in total. The van der Waals surface area contributed by atoms with Crippen LogP contribution in [-0.4, -0.2) is 19.8 Å². The van der Waals surface area contributed by atoms with Crippen LogP contribution in [0.25, 0.3) is 0 Å². The molecule has 2 heterocycles. The molecule has 0 fully saturated rings. The summed E-state index contributed by atoms with van der Waals surface area (Å²) in [6.07, 6.45) is -1.79. The van der Waals surface area contributed by atoms with Crippen LogP contribution in [-0.2, 0) is 12.7 Å². The number of hydrogen-bond acceptors (Lipinski definition) is 4. The van der Waals surface area contributed by atoms with Gasteiger partial charge in [0.15, 0.2) is 0 Å². The van der Waals surface area contributed by atoms with Crippen molar-refractivity contribution in [1.82, 2.24) is 14.7 Å². The fourth-order valence-electron chi connectivity index (χ4n) is 2.32. The zero-order chi connectivity index (χ0) is 18.7. The van der Waals surface area contributed by atoms with Crippen LogP contribution in [0.4, 0.5) is 13.2 Å². The van der Waals surface area contributed by atoms with E-state index in [2.05, 4.69) is 22.0 Å². The lowest BCUT2D eigenvalue weighted by molar-refractivity contribution is -0.137. The number of benzene rings is 1. The quantitative estimate of drug-likeness (QED) is 0.727. The highest BCUT2D eigenvalue weighted by Gasteiger charge is 2.29. The summed E-state index contributed by atoms with van der Waals surface area (Å²) in [4.78, 5) is 4.07. The number of nitrogens with zero attached hydrogens (tertiary/aromatic N) is 3. The molecule has 1 N–H and O–H groups in total. The van der Waals surface area contributed by atoms with Crippen molar-refractivity contribution >= 4 is 0 Å². The molecule has 0 spiro atoms. The van der Waals surface area contributed by atoms with E-state index in [1.54, 1.807) is 30.0 Å². The average molecular weight is 361 g/mol. The Labute approximate surface area is 147 Å². The van der Waals surface area contributed by atoms with Crippen molar-refractivity contribution in [2.45, 2.75) is 25.7 Å². The highest BCUT2D eigenvalue weighted by molar-refractivity contribution is 5.41. The molecule has 3 rings (SSSR count). The number of alkyl halides is 3. The zero-order valence-corrected chi connectivity index (χ0v) is 13.7. The maximum atomic E-state index is 12.5. The first-order chi connectivity index (χ1) is 12.3. The SMILES string of the molecule is C[C@H](O)c1nccn1Cc1cc(C#Cc2ccc(C(F)(F)F)cc2)on1. The molecule has 1 atom stereocenters. The molecular formula is C18H14F3N3O2. The van der Waals surface area contributed by atoms with Crippen molar-refractivity contribution in [1.29, 1.82) is 0 Å². The van der Waals surface area contributed by atoms with Crippen LogP contribution >= 0.6 is 0 Å². The van der Waals surface area contributed by atoms with Gasteiger partial charge in [-0.3, -0.25) is 0 Å². The number of imidazole rings is 1. The van der Waals surface area contributed by atoms with Crippen molar-refractivity contribution in [2.75, 3.05) is 0 Å². The molecule has 26 heavy (non-hydrogen) atoms. The summed E-state index contributed by atoms with van der Waals surface area (Å²) < 4.78 is 44.4. The minimum atomic E-state index is -4.37. The third-order valence-corrected chi connectivity index (χ3v) is 3.55. The third-order valence-electron chi connectivity index (χ3n) is 3.55. The number of halogens is 3. The van der Waals surface area contributed by atoms with Gasteiger partial charge in [-0.05, 0) is 37.1 Å². The molecular weight excluding hydrogens is 347 g/mol. The molecule has 0 saturated heterocycles. The maximum absolute atomic E-state index is 12.5. The van der Waals surface area contributed by atoms with Crippen molar-refractivity contribution in [2.24, 2.45) is 0 Å². The number of aromatic nitrogens is 3. The topological polar surface area (TPSA) is 64.1 Å². The van der Waals surface area contributed by atoms with E-state index in [1.165, 1.54) is 12.1 Å². The summed E-state index contributed by atoms with van der Waals surface area (Å²) in [5.41, 5.74) is 0.294. The third kappa shape index (κ3) is 4.13. The summed E-state index contributed by atoms with van der Waals surface area (Å²) in [7, 11) is 0. The van der Waals surface area contributed by atoms with Gasteiger partial charge in [0.1, 0.15) is 17.6 Å². The van der Waals surface area contributed by atoms with E-state index in [1.807, 2.05) is 0 Å². The van der Waals surface area contributed by atoms with Gasteiger partial charge < -0.3 is 14.2 Å². The van der Waals surface area contributed by atoms with Crippen molar-refractivity contribution in [3.05, 3.63) is 71.1 Å². The van der Waals surface area contributed by atoms with Crippen LogP contribution in [0.1, 0.15) is 41.4 Å². The fourth-order valence-corrected chi connectivity index (χ4v) is 2.32. The molecule has 8 heteroatoms. The predicted octanol–water partition coefficient (Wildman–Crippen LogP) is 3.39. The van der Waals surface area contributed by atoms with Gasteiger partial charge in [0.05, 0.1) is 12.1 Å². The van der Waals surface area contributed by atoms with E-state index in [4.69, 9.17) is 4.52 Å². The Morgan fingerprint density at radius 3 is 2.62 bits per heavy atom. The summed E-state index contributed by atoms with van der Waals surface area (Å²) >= 11 is 0. The largest absolute Gasteiger partial charge is 0.416 e. The van der Waals surface area contributed by atoms with Crippen LogP contribution in [0, 0.1) is 11.8 Å². The average Bonchev–Trinajstić information content (AvgIpc) is 3.22. The number of hydrogen-bond donors (Lipinski definition) is 1. The fraction of sp³-hybridized carbons (Fsp3) is 0.222. The van der Waals surface area contributed by atoms with Gasteiger partial charge in [-0.15, -0.1) is 0 Å². The van der Waals surface area contributed by atoms with Gasteiger partial charge in [0.25, 0.3) is 0 Å². The maximum Gasteiger partial charge on any atom is 0.416 e. The second-order valence-electron chi connectivity index (χ2n) is 5.60. The minimum Gasteiger partial charge on any atom is -0.385 e. The van der Waals surface area contributed by atoms with Crippen molar-refractivity contribution in [3.63, 3.8) is 0 Å². The first kappa shape index (κ1) is 17.8. The van der Waals surface area contributed by atoms with Crippen LogP contribution in [0.3, 0.4) is 0 Å². The Balaban J connectivity index is 1.71. The lowest BCUT2D eigenvalue weighted by Crippen LogP contribution is -2.07. The first-order valence-corrected chi connectivity index (χ1v) is 7.67. The molecule has 2 aromatic heterocycles. The molecule has 0 unspecified atom stereocenters. The van der Waals surface area contributed by atoms with Crippen LogP contribution in [0.2, 0.25) is 0 Å². The molecule has 0 bridgehead atoms. The van der Waals surface area contributed by atoms with E-state index >= 15 is 0 Å². The molecule has 0 radical (unpaired) electrons. The van der Waals surface area contributed by atoms with Gasteiger partial charge in [-0.25, -0.2) is 4.98 Å². The van der Waals surface area contributed by atoms with E-state index in [0.717, 1.165) is 12.1 Å². The highest BCUT2D eigenvalue weighted by atomic mass is 19.4. The van der Waals surface area contributed by atoms with Crippen LogP contribution in [0.5, 0.6) is 0 Å². The Kier molecular flexibility index (Phi) is 4.82. The van der Waals surface area contributed by atoms with E-state index in [-0.39, 0.29) is 0 Å². The summed E-state index contributed by atoms with van der Waals surface area (Å²) in [5, 5.41) is 13.5. The summed E-state index contributed by atoms with van der Waals surface area (Å²) in [6.45, 7) is 1.97. The Hall–Kier alpha value is -3.05. The first-order valence-electron chi connectivity index (χ1n) is 7.67. The van der Waals surface area contributed by atoms with Gasteiger partial charge in [0, 0.05) is 24.0 Å². The lowest BCUT2D eigenvalue weighted by atomic mass is 10.1. The Morgan fingerprint density at radius 1 is 1.23 bits per heavy atom. The van der Waals surface area contributed by atoms with Gasteiger partial charge >= 0.3 is 6.18 Å². The van der Waals surface area contributed by atoms with Crippen LogP contribution in [0.15, 0.2) is 47.2 Å². The second kappa shape index (κ2) is 7.06. The Morgan fingerprint density at radius 2 is 1.96 bits per heavy atom. The number of aliphatic hydroxyl groups excluding tert-OH is 1. The smallest absolute Gasteiger partial charge is 0.385 e. The number of rotatable bonds is 3. The minimum absolute atomic E-state index is 0.290. The highest BCUT2D eigenvalue weighted by Crippen LogP contribution is 2.28. The molecule has 0 aliphatic heterocycles. The molecule has 3 aromatic rings. The van der Waals surface area contributed by atoms with Gasteiger partial charge in [-0.1, -0.05) is 11.1 Å². The van der Waals surface area contributed by atoms with Gasteiger partial charge in [-0.2, -0.15) is 13.2 Å². The second-order valence-corrected chi connectivity index (χ2v) is 5.60. The summed E-state index contributed by atoms with van der Waals surface area (Å²) in [6, 6.07) is 6.18. The lowest BCUT2D eigenvalue weighted by Gasteiger charge is -2.07. The number of aliphatic hydroxyl groups is 1.